The summed E-state index contributed by atoms with van der Waals surface area (Å²) in [5.74, 6) is 0. The number of benzene rings is 1. The van der Waals surface area contributed by atoms with Gasteiger partial charge in [0.05, 0.1) is 12.1 Å². The molecule has 2 aliphatic carbocycles. The Morgan fingerprint density at radius 1 is 1.30 bits per heavy atom. The molecule has 1 fully saturated rings. The van der Waals surface area contributed by atoms with E-state index in [-0.39, 0.29) is 28.9 Å². The molecule has 1 aromatic rings. The van der Waals surface area contributed by atoms with Gasteiger partial charge in [-0.3, -0.25) is 9.69 Å². The lowest BCUT2D eigenvalue weighted by molar-refractivity contribution is -0.116. The summed E-state index contributed by atoms with van der Waals surface area (Å²) in [4.78, 5) is 25.8. The van der Waals surface area contributed by atoms with E-state index in [9.17, 15) is 9.59 Å². The number of methoxy groups -OCH3 is 1. The van der Waals surface area contributed by atoms with Crippen LogP contribution in [0.3, 0.4) is 0 Å². The normalized spacial score (nSPS) is 26.0. The Morgan fingerprint density at radius 3 is 2.50 bits per heavy atom. The highest BCUT2D eigenvalue weighted by molar-refractivity contribution is 5.85. The molecule has 0 bridgehead atoms. The van der Waals surface area contributed by atoms with Crippen molar-refractivity contribution in [1.82, 2.24) is 10.2 Å². The Hall–Kier alpha value is -1.88. The molecule has 1 aromatic carbocycles. The summed E-state index contributed by atoms with van der Waals surface area (Å²) in [5, 5.41) is 3.27. The number of carbonyl (C=O) groups excluding carboxylic acids is 2. The van der Waals surface area contributed by atoms with Gasteiger partial charge in [-0.1, -0.05) is 39.0 Å². The van der Waals surface area contributed by atoms with Crippen LogP contribution in [0.25, 0.3) is 0 Å². The van der Waals surface area contributed by atoms with Crippen LogP contribution in [0.5, 0.6) is 0 Å². The topological polar surface area (TPSA) is 58.6 Å². The molecule has 1 unspecified atom stereocenters. The standard InChI is InChI=1S/C25H38N2O3/c1-17(2)27(16-28)23(29)26-22-21-13-18(14-24(3,4)5)7-8-19(21)15-25(22)11-9-20(30-6)10-12-25/h7-8,13,16-17,20,22H,9-12,14-15H2,1-6H3,(H,26,29). The molecule has 2 aliphatic rings. The highest BCUT2D eigenvalue weighted by atomic mass is 16.5. The van der Waals surface area contributed by atoms with E-state index in [1.807, 2.05) is 13.8 Å². The summed E-state index contributed by atoms with van der Waals surface area (Å²) < 4.78 is 5.61. The zero-order valence-electron chi connectivity index (χ0n) is 19.5. The van der Waals surface area contributed by atoms with E-state index in [0.717, 1.165) is 38.5 Å². The number of ether oxygens (including phenoxy) is 1. The van der Waals surface area contributed by atoms with Gasteiger partial charge in [-0.05, 0) is 79.9 Å². The van der Waals surface area contributed by atoms with Gasteiger partial charge >= 0.3 is 6.03 Å². The summed E-state index contributed by atoms with van der Waals surface area (Å²) in [5.41, 5.74) is 4.07. The van der Waals surface area contributed by atoms with E-state index < -0.39 is 0 Å². The minimum absolute atomic E-state index is 0.00108. The lowest BCUT2D eigenvalue weighted by Gasteiger charge is -2.42. The number of imide groups is 1. The van der Waals surface area contributed by atoms with Crippen molar-refractivity contribution in [1.29, 1.82) is 0 Å². The number of fused-ring (bicyclic) bond motifs is 1. The number of hydrogen-bond acceptors (Lipinski definition) is 3. The van der Waals surface area contributed by atoms with Crippen LogP contribution in [0.2, 0.25) is 0 Å². The van der Waals surface area contributed by atoms with Gasteiger partial charge in [-0.25, -0.2) is 4.79 Å². The summed E-state index contributed by atoms with van der Waals surface area (Å²) >= 11 is 0. The highest BCUT2D eigenvalue weighted by Crippen LogP contribution is 2.54. The molecule has 0 heterocycles. The Kier molecular flexibility index (Phi) is 6.61. The Balaban J connectivity index is 1.94. The maximum atomic E-state index is 13.0. The molecule has 1 atom stereocenters. The van der Waals surface area contributed by atoms with Gasteiger partial charge in [0.2, 0.25) is 6.41 Å². The maximum Gasteiger partial charge on any atom is 0.324 e. The van der Waals surface area contributed by atoms with Crippen LogP contribution in [0.15, 0.2) is 18.2 Å². The zero-order chi connectivity index (χ0) is 22.1. The average Bonchev–Trinajstić information content (AvgIpc) is 2.94. The SMILES string of the molecule is COC1CCC2(CC1)Cc1ccc(CC(C)(C)C)cc1C2NC(=O)N(C=O)C(C)C. The number of urea groups is 1. The van der Waals surface area contributed by atoms with Gasteiger partial charge < -0.3 is 10.1 Å². The molecule has 1 spiro atoms. The fourth-order valence-corrected chi connectivity index (χ4v) is 5.31. The number of carbonyl (C=O) groups is 2. The van der Waals surface area contributed by atoms with Crippen molar-refractivity contribution in [3.63, 3.8) is 0 Å². The zero-order valence-corrected chi connectivity index (χ0v) is 19.5. The molecule has 5 nitrogen and oxygen atoms in total. The third kappa shape index (κ3) is 4.72. The van der Waals surface area contributed by atoms with Gasteiger partial charge in [0.1, 0.15) is 0 Å². The Bertz CT molecular complexity index is 773. The number of nitrogens with zero attached hydrogens (tertiary/aromatic N) is 1. The monoisotopic (exact) mass is 414 g/mol. The van der Waals surface area contributed by atoms with Crippen molar-refractivity contribution in [2.45, 2.75) is 91.3 Å². The largest absolute Gasteiger partial charge is 0.381 e. The van der Waals surface area contributed by atoms with Crippen molar-refractivity contribution in [3.8, 4) is 0 Å². The van der Waals surface area contributed by atoms with E-state index in [0.29, 0.717) is 12.5 Å². The molecule has 0 aliphatic heterocycles. The van der Waals surface area contributed by atoms with E-state index in [1.165, 1.54) is 21.6 Å². The number of amides is 3. The Labute approximate surface area is 181 Å². The van der Waals surface area contributed by atoms with E-state index in [4.69, 9.17) is 4.74 Å². The minimum Gasteiger partial charge on any atom is -0.381 e. The number of rotatable bonds is 5. The second-order valence-electron chi connectivity index (χ2n) is 10.7. The molecular weight excluding hydrogens is 376 g/mol. The first-order valence-electron chi connectivity index (χ1n) is 11.3. The van der Waals surface area contributed by atoms with Crippen molar-refractivity contribution < 1.29 is 14.3 Å². The summed E-state index contributed by atoms with van der Waals surface area (Å²) in [6, 6.07) is 6.26. The lowest BCUT2D eigenvalue weighted by atomic mass is 9.68. The lowest BCUT2D eigenvalue weighted by Crippen LogP contribution is -2.48. The molecule has 5 heteroatoms. The predicted molar refractivity (Wildman–Crippen MR) is 119 cm³/mol. The van der Waals surface area contributed by atoms with Crippen molar-refractivity contribution >= 4 is 12.4 Å². The number of hydrogen-bond donors (Lipinski definition) is 1. The average molecular weight is 415 g/mol. The highest BCUT2D eigenvalue weighted by Gasteiger charge is 2.49. The second kappa shape index (κ2) is 8.70. The van der Waals surface area contributed by atoms with Crippen LogP contribution in [-0.4, -0.2) is 36.6 Å². The molecule has 166 valence electrons. The van der Waals surface area contributed by atoms with Crippen molar-refractivity contribution in [2.75, 3.05) is 7.11 Å². The van der Waals surface area contributed by atoms with Crippen LogP contribution >= 0.6 is 0 Å². The molecule has 1 saturated carbocycles. The summed E-state index contributed by atoms with van der Waals surface area (Å²) in [7, 11) is 1.79. The van der Waals surface area contributed by atoms with E-state index in [2.05, 4.69) is 44.3 Å². The van der Waals surface area contributed by atoms with Gasteiger partial charge in [0, 0.05) is 13.2 Å². The molecule has 3 amide bonds. The first kappa shape index (κ1) is 22.8. The molecule has 0 saturated heterocycles. The van der Waals surface area contributed by atoms with Gasteiger partial charge in [0.15, 0.2) is 0 Å². The second-order valence-corrected chi connectivity index (χ2v) is 10.7. The van der Waals surface area contributed by atoms with Crippen LogP contribution in [-0.2, 0) is 22.4 Å². The smallest absolute Gasteiger partial charge is 0.324 e. The fourth-order valence-electron chi connectivity index (χ4n) is 5.31. The quantitative estimate of drug-likeness (QED) is 0.688. The first-order valence-corrected chi connectivity index (χ1v) is 11.3. The molecular formula is C25H38N2O3. The van der Waals surface area contributed by atoms with Gasteiger partial charge in [0.25, 0.3) is 0 Å². The molecule has 1 N–H and O–H groups in total. The molecule has 3 rings (SSSR count). The predicted octanol–water partition coefficient (Wildman–Crippen LogP) is 5.02. The van der Waals surface area contributed by atoms with Crippen LogP contribution < -0.4 is 5.32 Å². The fraction of sp³-hybridized carbons (Fsp3) is 0.680. The van der Waals surface area contributed by atoms with E-state index >= 15 is 0 Å². The van der Waals surface area contributed by atoms with Gasteiger partial charge in [-0.15, -0.1) is 0 Å². The van der Waals surface area contributed by atoms with Crippen molar-refractivity contribution in [2.24, 2.45) is 10.8 Å². The number of nitrogens with one attached hydrogen (secondary N) is 1. The van der Waals surface area contributed by atoms with Crippen LogP contribution in [0.4, 0.5) is 4.79 Å². The third-order valence-electron chi connectivity index (χ3n) is 6.84. The first-order chi connectivity index (χ1) is 14.1. The Morgan fingerprint density at radius 2 is 1.97 bits per heavy atom. The van der Waals surface area contributed by atoms with E-state index in [1.54, 1.807) is 7.11 Å². The third-order valence-corrected chi connectivity index (χ3v) is 6.84. The van der Waals surface area contributed by atoms with Crippen LogP contribution in [0, 0.1) is 10.8 Å². The van der Waals surface area contributed by atoms with Gasteiger partial charge in [-0.2, -0.15) is 0 Å². The van der Waals surface area contributed by atoms with Crippen molar-refractivity contribution in [3.05, 3.63) is 34.9 Å². The summed E-state index contributed by atoms with van der Waals surface area (Å²) in [6.07, 6.45) is 6.95. The minimum atomic E-state index is -0.299. The molecule has 0 aromatic heterocycles. The molecule has 0 radical (unpaired) electrons. The summed E-state index contributed by atoms with van der Waals surface area (Å²) in [6.45, 7) is 10.5. The van der Waals surface area contributed by atoms with Crippen LogP contribution in [0.1, 0.15) is 83.0 Å². The molecule has 30 heavy (non-hydrogen) atoms. The maximum absolute atomic E-state index is 13.0.